The maximum atomic E-state index is 12.1. The van der Waals surface area contributed by atoms with E-state index >= 15 is 0 Å². The molecular formula is C19H41F3N4. The molecule has 0 saturated carbocycles. The van der Waals surface area contributed by atoms with Crippen LogP contribution in [0.15, 0.2) is 0 Å². The normalized spacial score (nSPS) is 14.5. The summed E-state index contributed by atoms with van der Waals surface area (Å²) < 4.78 is 36.2. The van der Waals surface area contributed by atoms with Crippen molar-refractivity contribution in [2.75, 3.05) is 39.3 Å². The SMILES string of the molecule is CCNC(C)CCNCCCCCCCNCCC(C)NCC(F)(F)F. The van der Waals surface area contributed by atoms with Crippen LogP contribution in [0, 0.1) is 0 Å². The van der Waals surface area contributed by atoms with Gasteiger partial charge in [0.2, 0.25) is 0 Å². The first-order valence-electron chi connectivity index (χ1n) is 10.3. The molecule has 0 bridgehead atoms. The van der Waals surface area contributed by atoms with Gasteiger partial charge in [0.25, 0.3) is 0 Å². The lowest BCUT2D eigenvalue weighted by Crippen LogP contribution is -2.37. The van der Waals surface area contributed by atoms with Crippen LogP contribution in [0.5, 0.6) is 0 Å². The molecule has 0 heterocycles. The first-order chi connectivity index (χ1) is 12.3. The molecular weight excluding hydrogens is 341 g/mol. The molecule has 0 aromatic carbocycles. The highest BCUT2D eigenvalue weighted by molar-refractivity contribution is 4.65. The van der Waals surface area contributed by atoms with Gasteiger partial charge in [-0.15, -0.1) is 0 Å². The molecule has 0 fully saturated rings. The van der Waals surface area contributed by atoms with E-state index in [1.54, 1.807) is 6.92 Å². The second-order valence-corrected chi connectivity index (χ2v) is 7.20. The van der Waals surface area contributed by atoms with Gasteiger partial charge in [-0.05, 0) is 72.3 Å². The van der Waals surface area contributed by atoms with Crippen LogP contribution in [0.2, 0.25) is 0 Å². The highest BCUT2D eigenvalue weighted by Crippen LogP contribution is 2.12. The molecule has 0 saturated heterocycles. The van der Waals surface area contributed by atoms with E-state index in [-0.39, 0.29) is 6.04 Å². The molecule has 4 N–H and O–H groups in total. The average Bonchev–Trinajstić information content (AvgIpc) is 2.56. The highest BCUT2D eigenvalue weighted by atomic mass is 19.4. The molecule has 0 rings (SSSR count). The number of unbranched alkanes of at least 4 members (excludes halogenated alkanes) is 4. The topological polar surface area (TPSA) is 48.1 Å². The molecule has 0 aliphatic rings. The summed E-state index contributed by atoms with van der Waals surface area (Å²) in [5.74, 6) is 0. The molecule has 158 valence electrons. The molecule has 4 nitrogen and oxygen atoms in total. The minimum Gasteiger partial charge on any atom is -0.317 e. The quantitative estimate of drug-likeness (QED) is 0.274. The lowest BCUT2D eigenvalue weighted by atomic mass is 10.1. The van der Waals surface area contributed by atoms with Gasteiger partial charge in [-0.3, -0.25) is 0 Å². The number of hydrogen-bond donors (Lipinski definition) is 4. The van der Waals surface area contributed by atoms with Crippen LogP contribution in [-0.4, -0.2) is 57.5 Å². The van der Waals surface area contributed by atoms with Crippen LogP contribution in [0.4, 0.5) is 13.2 Å². The van der Waals surface area contributed by atoms with Gasteiger partial charge < -0.3 is 21.3 Å². The lowest BCUT2D eigenvalue weighted by molar-refractivity contribution is -0.126. The predicted molar refractivity (Wildman–Crippen MR) is 105 cm³/mol. The fourth-order valence-electron chi connectivity index (χ4n) is 2.76. The smallest absolute Gasteiger partial charge is 0.317 e. The van der Waals surface area contributed by atoms with Crippen molar-refractivity contribution in [3.05, 3.63) is 0 Å². The van der Waals surface area contributed by atoms with Crippen molar-refractivity contribution < 1.29 is 13.2 Å². The Bertz CT molecular complexity index is 301. The van der Waals surface area contributed by atoms with Gasteiger partial charge in [0.15, 0.2) is 0 Å². The van der Waals surface area contributed by atoms with Gasteiger partial charge in [-0.1, -0.05) is 26.2 Å². The van der Waals surface area contributed by atoms with Gasteiger partial charge in [0, 0.05) is 12.1 Å². The molecule has 0 amide bonds. The molecule has 0 aromatic heterocycles. The number of hydrogen-bond acceptors (Lipinski definition) is 4. The molecule has 2 unspecified atom stereocenters. The van der Waals surface area contributed by atoms with Crippen LogP contribution < -0.4 is 21.3 Å². The second kappa shape index (κ2) is 16.8. The van der Waals surface area contributed by atoms with Gasteiger partial charge in [0.05, 0.1) is 6.54 Å². The molecule has 26 heavy (non-hydrogen) atoms. The van der Waals surface area contributed by atoms with E-state index in [2.05, 4.69) is 35.1 Å². The van der Waals surface area contributed by atoms with Crippen LogP contribution >= 0.6 is 0 Å². The number of nitrogens with one attached hydrogen (secondary N) is 4. The maximum Gasteiger partial charge on any atom is 0.401 e. The summed E-state index contributed by atoms with van der Waals surface area (Å²) >= 11 is 0. The average molecular weight is 383 g/mol. The van der Waals surface area contributed by atoms with Crippen molar-refractivity contribution in [3.8, 4) is 0 Å². The summed E-state index contributed by atoms with van der Waals surface area (Å²) in [6.45, 7) is 10.2. The van der Waals surface area contributed by atoms with E-state index in [1.807, 2.05) is 0 Å². The Morgan fingerprint density at radius 3 is 1.62 bits per heavy atom. The fourth-order valence-corrected chi connectivity index (χ4v) is 2.76. The van der Waals surface area contributed by atoms with Crippen molar-refractivity contribution in [2.45, 2.75) is 84.0 Å². The van der Waals surface area contributed by atoms with E-state index in [0.717, 1.165) is 39.1 Å². The van der Waals surface area contributed by atoms with Crippen molar-refractivity contribution in [1.82, 2.24) is 21.3 Å². The minimum atomic E-state index is -4.12. The predicted octanol–water partition coefficient (Wildman–Crippen LogP) is 3.43. The van der Waals surface area contributed by atoms with Crippen LogP contribution in [-0.2, 0) is 0 Å². The van der Waals surface area contributed by atoms with Crippen LogP contribution in [0.3, 0.4) is 0 Å². The summed E-state index contributed by atoms with van der Waals surface area (Å²) in [7, 11) is 0. The third-order valence-corrected chi connectivity index (χ3v) is 4.42. The molecule has 0 aliphatic heterocycles. The first kappa shape index (κ1) is 25.6. The Balaban J connectivity index is 3.20. The van der Waals surface area contributed by atoms with Crippen LogP contribution in [0.1, 0.15) is 65.7 Å². The largest absolute Gasteiger partial charge is 0.401 e. The number of rotatable bonds is 18. The zero-order chi connectivity index (χ0) is 19.7. The van der Waals surface area contributed by atoms with Crippen molar-refractivity contribution >= 4 is 0 Å². The third kappa shape index (κ3) is 19.9. The maximum absolute atomic E-state index is 12.1. The van der Waals surface area contributed by atoms with E-state index < -0.39 is 12.7 Å². The van der Waals surface area contributed by atoms with E-state index in [9.17, 15) is 13.2 Å². The minimum absolute atomic E-state index is 0.114. The third-order valence-electron chi connectivity index (χ3n) is 4.42. The molecule has 0 radical (unpaired) electrons. The van der Waals surface area contributed by atoms with E-state index in [1.165, 1.54) is 32.1 Å². The second-order valence-electron chi connectivity index (χ2n) is 7.20. The Hall–Kier alpha value is -0.370. The lowest BCUT2D eigenvalue weighted by Gasteiger charge is -2.15. The number of alkyl halides is 3. The Labute approximate surface area is 158 Å². The summed E-state index contributed by atoms with van der Waals surface area (Å²) in [4.78, 5) is 0. The Kier molecular flexibility index (Phi) is 16.5. The van der Waals surface area contributed by atoms with Gasteiger partial charge in [0.1, 0.15) is 0 Å². The summed E-state index contributed by atoms with van der Waals surface area (Å²) in [6.07, 6.45) is 3.85. The van der Waals surface area contributed by atoms with Gasteiger partial charge >= 0.3 is 6.18 Å². The molecule has 2 atom stereocenters. The standard InChI is InChI=1S/C19H41F3N4/c1-4-25-17(2)10-14-23-12-8-6-5-7-9-13-24-15-11-18(3)26-16-19(20,21)22/h17-18,23-26H,4-16H2,1-3H3. The number of halogens is 3. The Morgan fingerprint density at radius 1 is 0.692 bits per heavy atom. The molecule has 0 aromatic rings. The first-order valence-corrected chi connectivity index (χ1v) is 10.3. The molecule has 0 spiro atoms. The zero-order valence-electron chi connectivity index (χ0n) is 17.0. The van der Waals surface area contributed by atoms with E-state index in [4.69, 9.17) is 0 Å². The van der Waals surface area contributed by atoms with Crippen LogP contribution in [0.25, 0.3) is 0 Å². The van der Waals surface area contributed by atoms with Gasteiger partial charge in [-0.2, -0.15) is 13.2 Å². The van der Waals surface area contributed by atoms with Crippen molar-refractivity contribution in [3.63, 3.8) is 0 Å². The zero-order valence-corrected chi connectivity index (χ0v) is 17.0. The summed E-state index contributed by atoms with van der Waals surface area (Å²) in [6, 6.07) is 0.473. The monoisotopic (exact) mass is 382 g/mol. The molecule has 7 heteroatoms. The van der Waals surface area contributed by atoms with Gasteiger partial charge in [-0.25, -0.2) is 0 Å². The summed E-state index contributed by atoms with van der Waals surface area (Å²) in [5, 5.41) is 12.7. The fraction of sp³-hybridized carbons (Fsp3) is 1.00. The summed E-state index contributed by atoms with van der Waals surface area (Å²) in [5.41, 5.74) is 0. The molecule has 0 aliphatic carbocycles. The highest BCUT2D eigenvalue weighted by Gasteiger charge is 2.27. The Morgan fingerprint density at radius 2 is 1.15 bits per heavy atom. The van der Waals surface area contributed by atoms with Crippen molar-refractivity contribution in [2.24, 2.45) is 0 Å². The van der Waals surface area contributed by atoms with Crippen molar-refractivity contribution in [1.29, 1.82) is 0 Å². The van der Waals surface area contributed by atoms with E-state index in [0.29, 0.717) is 12.5 Å².